The molecule has 1 amide bonds. The molecule has 0 spiro atoms. The predicted molar refractivity (Wildman–Crippen MR) is 102 cm³/mol. The number of rotatable bonds is 5. The van der Waals surface area contributed by atoms with Gasteiger partial charge in [-0.3, -0.25) is 4.79 Å². The highest BCUT2D eigenvalue weighted by Crippen LogP contribution is 2.34. The molecular weight excluding hydrogens is 440 g/mol. The molecule has 1 unspecified atom stereocenters. The molecule has 0 aliphatic heterocycles. The summed E-state index contributed by atoms with van der Waals surface area (Å²) in [6.07, 6.45) is -10.4. The van der Waals surface area contributed by atoms with Crippen LogP contribution in [0.5, 0.6) is 0 Å². The average molecular weight is 457 g/mol. The maximum absolute atomic E-state index is 13.7. The molecule has 5 nitrogen and oxygen atoms in total. The maximum atomic E-state index is 13.7. The summed E-state index contributed by atoms with van der Waals surface area (Å²) in [6.45, 7) is 1.15. The summed E-state index contributed by atoms with van der Waals surface area (Å²) in [5, 5.41) is 15.9. The van der Waals surface area contributed by atoms with E-state index in [2.05, 4.69) is 10.4 Å². The van der Waals surface area contributed by atoms with Crippen LogP contribution in [0.15, 0.2) is 54.7 Å². The van der Waals surface area contributed by atoms with Crippen molar-refractivity contribution in [2.75, 3.05) is 6.54 Å². The summed E-state index contributed by atoms with van der Waals surface area (Å²) in [6, 6.07) is 9.80. The van der Waals surface area contributed by atoms with Crippen LogP contribution in [0.1, 0.15) is 38.8 Å². The average Bonchev–Trinajstić information content (AvgIpc) is 3.17. The molecule has 11 heteroatoms. The number of halogens is 6. The minimum Gasteiger partial charge on any atom is -0.387 e. The van der Waals surface area contributed by atoms with Crippen molar-refractivity contribution in [1.82, 2.24) is 15.1 Å². The van der Waals surface area contributed by atoms with Crippen LogP contribution in [-0.4, -0.2) is 27.3 Å². The summed E-state index contributed by atoms with van der Waals surface area (Å²) in [5.74, 6) is -1.18. The minimum atomic E-state index is -4.92. The number of aliphatic hydroxyl groups excluding tert-OH is 1. The van der Waals surface area contributed by atoms with E-state index in [0.29, 0.717) is 10.7 Å². The number of amides is 1. The molecule has 2 aromatic carbocycles. The fraction of sp³-hybridized carbons (Fsp3) is 0.238. The molecule has 1 atom stereocenters. The lowest BCUT2D eigenvalue weighted by Crippen LogP contribution is -2.30. The third kappa shape index (κ3) is 5.10. The third-order valence-corrected chi connectivity index (χ3v) is 4.62. The van der Waals surface area contributed by atoms with Gasteiger partial charge < -0.3 is 10.4 Å². The van der Waals surface area contributed by atoms with Gasteiger partial charge in [0.15, 0.2) is 5.69 Å². The lowest BCUT2D eigenvalue weighted by atomic mass is 10.1. The Hall–Kier alpha value is -3.34. The van der Waals surface area contributed by atoms with Crippen LogP contribution < -0.4 is 5.32 Å². The van der Waals surface area contributed by atoms with Gasteiger partial charge in [0.05, 0.1) is 29.1 Å². The Labute approximate surface area is 178 Å². The van der Waals surface area contributed by atoms with Crippen molar-refractivity contribution in [2.45, 2.75) is 25.4 Å². The summed E-state index contributed by atoms with van der Waals surface area (Å²) in [4.78, 5) is 12.4. The fourth-order valence-corrected chi connectivity index (χ4v) is 2.99. The monoisotopic (exact) mass is 457 g/mol. The highest BCUT2D eigenvalue weighted by Gasteiger charge is 2.40. The van der Waals surface area contributed by atoms with Gasteiger partial charge in [-0.2, -0.15) is 31.4 Å². The first kappa shape index (κ1) is 23.3. The Bertz CT molecular complexity index is 1100. The molecule has 0 radical (unpaired) electrons. The Morgan fingerprint density at radius 3 is 2.31 bits per heavy atom. The zero-order valence-corrected chi connectivity index (χ0v) is 16.5. The molecule has 170 valence electrons. The van der Waals surface area contributed by atoms with Crippen molar-refractivity contribution >= 4 is 5.91 Å². The van der Waals surface area contributed by atoms with Gasteiger partial charge in [0.25, 0.3) is 5.91 Å². The number of nitrogens with zero attached hydrogens (tertiary/aromatic N) is 2. The predicted octanol–water partition coefficient (Wildman–Crippen LogP) is 4.68. The lowest BCUT2D eigenvalue weighted by molar-refractivity contribution is -0.143. The SMILES string of the molecule is Cc1ccc(-n2ncc(C(=O)NCC(O)c3cccc(C(F)(F)F)c3)c2C(F)(F)F)cc1. The number of nitrogens with one attached hydrogen (secondary N) is 1. The van der Waals surface area contributed by atoms with E-state index >= 15 is 0 Å². The molecule has 2 N–H and O–H groups in total. The molecule has 0 aliphatic rings. The van der Waals surface area contributed by atoms with E-state index in [1.54, 1.807) is 19.1 Å². The van der Waals surface area contributed by atoms with Crippen molar-refractivity contribution in [3.8, 4) is 5.69 Å². The fourth-order valence-electron chi connectivity index (χ4n) is 2.99. The molecule has 0 aliphatic carbocycles. The second kappa shape index (κ2) is 8.65. The summed E-state index contributed by atoms with van der Waals surface area (Å²) in [5.41, 5.74) is -2.34. The van der Waals surface area contributed by atoms with Crippen LogP contribution in [0.2, 0.25) is 0 Å². The maximum Gasteiger partial charge on any atom is 0.434 e. The Balaban J connectivity index is 1.82. The summed E-state index contributed by atoms with van der Waals surface area (Å²) >= 11 is 0. The van der Waals surface area contributed by atoms with Gasteiger partial charge in [-0.25, -0.2) is 4.68 Å². The zero-order chi connectivity index (χ0) is 23.7. The van der Waals surface area contributed by atoms with Gasteiger partial charge in [0.2, 0.25) is 0 Å². The number of benzene rings is 2. The Morgan fingerprint density at radius 2 is 1.72 bits per heavy atom. The molecule has 0 saturated heterocycles. The first-order valence-electron chi connectivity index (χ1n) is 9.23. The van der Waals surface area contributed by atoms with E-state index in [9.17, 15) is 36.2 Å². The number of hydrogen-bond acceptors (Lipinski definition) is 3. The molecule has 32 heavy (non-hydrogen) atoms. The van der Waals surface area contributed by atoms with E-state index in [1.165, 1.54) is 18.2 Å². The second-order valence-corrected chi connectivity index (χ2v) is 7.00. The van der Waals surface area contributed by atoms with E-state index in [1.807, 2.05) is 0 Å². The van der Waals surface area contributed by atoms with E-state index in [0.717, 1.165) is 23.9 Å². The largest absolute Gasteiger partial charge is 0.434 e. The third-order valence-electron chi connectivity index (χ3n) is 4.62. The van der Waals surface area contributed by atoms with Crippen molar-refractivity contribution in [2.24, 2.45) is 0 Å². The minimum absolute atomic E-state index is 0.0889. The number of hydrogen-bond donors (Lipinski definition) is 2. The first-order chi connectivity index (χ1) is 14.9. The number of alkyl halides is 6. The van der Waals surface area contributed by atoms with Gasteiger partial charge in [-0.05, 0) is 36.8 Å². The highest BCUT2D eigenvalue weighted by molar-refractivity contribution is 5.95. The van der Waals surface area contributed by atoms with Crippen LogP contribution >= 0.6 is 0 Å². The van der Waals surface area contributed by atoms with Crippen LogP contribution in [0, 0.1) is 6.92 Å². The van der Waals surface area contributed by atoms with Crippen molar-refractivity contribution in [3.05, 3.63) is 82.7 Å². The second-order valence-electron chi connectivity index (χ2n) is 7.00. The topological polar surface area (TPSA) is 67.2 Å². The van der Waals surface area contributed by atoms with Crippen molar-refractivity contribution in [3.63, 3.8) is 0 Å². The van der Waals surface area contributed by atoms with Gasteiger partial charge in [-0.15, -0.1) is 0 Å². The van der Waals surface area contributed by atoms with Gasteiger partial charge >= 0.3 is 12.4 Å². The Kier molecular flexibility index (Phi) is 6.31. The summed E-state index contributed by atoms with van der Waals surface area (Å²) < 4.78 is 80.1. The molecule has 0 saturated carbocycles. The Morgan fingerprint density at radius 1 is 1.06 bits per heavy atom. The van der Waals surface area contributed by atoms with Crippen molar-refractivity contribution < 1.29 is 36.2 Å². The molecule has 1 aromatic heterocycles. The number of aliphatic hydroxyl groups is 1. The molecular formula is C21H17F6N3O2. The number of aromatic nitrogens is 2. The first-order valence-corrected chi connectivity index (χ1v) is 9.23. The van der Waals surface area contributed by atoms with E-state index < -0.39 is 47.7 Å². The van der Waals surface area contributed by atoms with Crippen LogP contribution in [0.4, 0.5) is 26.3 Å². The molecule has 3 aromatic rings. The normalized spacial score (nSPS) is 13.1. The van der Waals surface area contributed by atoms with Crippen LogP contribution in [0.25, 0.3) is 5.69 Å². The molecule has 1 heterocycles. The van der Waals surface area contributed by atoms with E-state index in [4.69, 9.17) is 0 Å². The van der Waals surface area contributed by atoms with Crippen LogP contribution in [-0.2, 0) is 12.4 Å². The van der Waals surface area contributed by atoms with Gasteiger partial charge in [-0.1, -0.05) is 29.8 Å². The lowest BCUT2D eigenvalue weighted by Gasteiger charge is -2.15. The van der Waals surface area contributed by atoms with Crippen molar-refractivity contribution in [1.29, 1.82) is 0 Å². The number of carbonyl (C=O) groups is 1. The number of carbonyl (C=O) groups excluding carboxylic acids is 1. The standard InChI is InChI=1S/C21H17F6N3O2/c1-12-5-7-15(8-6-12)30-18(21(25,26)27)16(10-29-30)19(32)28-11-17(31)13-3-2-4-14(9-13)20(22,23)24/h2-10,17,31H,11H2,1H3,(H,28,32). The highest BCUT2D eigenvalue weighted by atomic mass is 19.4. The molecule has 3 rings (SSSR count). The van der Waals surface area contributed by atoms with Crippen LogP contribution in [0.3, 0.4) is 0 Å². The molecule has 0 bridgehead atoms. The van der Waals surface area contributed by atoms with E-state index in [-0.39, 0.29) is 11.3 Å². The smallest absolute Gasteiger partial charge is 0.387 e. The van der Waals surface area contributed by atoms with Gasteiger partial charge in [0.1, 0.15) is 0 Å². The number of aryl methyl sites for hydroxylation is 1. The zero-order valence-electron chi connectivity index (χ0n) is 16.5. The molecule has 0 fully saturated rings. The summed E-state index contributed by atoms with van der Waals surface area (Å²) in [7, 11) is 0. The van der Waals surface area contributed by atoms with Gasteiger partial charge in [0, 0.05) is 6.54 Å². The quantitative estimate of drug-likeness (QED) is 0.547.